The maximum absolute atomic E-state index is 11.5. The molecule has 0 aliphatic carbocycles. The average Bonchev–Trinajstić information content (AvgIpc) is 2.33. The second-order valence-corrected chi connectivity index (χ2v) is 6.09. The monoisotopic (exact) mass is 268 g/mol. The third kappa shape index (κ3) is 15.3. The fourth-order valence-corrected chi connectivity index (χ4v) is 1.95. The van der Waals surface area contributed by atoms with E-state index in [4.69, 9.17) is 0 Å². The van der Waals surface area contributed by atoms with Crippen molar-refractivity contribution >= 4 is 5.78 Å². The molecule has 19 heavy (non-hydrogen) atoms. The zero-order chi connectivity index (χ0) is 14.6. The molecule has 0 unspecified atom stereocenters. The van der Waals surface area contributed by atoms with Gasteiger partial charge in [-0.2, -0.15) is 0 Å². The number of unbranched alkanes of at least 4 members (excludes halogenated alkanes) is 7. The van der Waals surface area contributed by atoms with Gasteiger partial charge in [0.25, 0.3) is 0 Å². The van der Waals surface area contributed by atoms with E-state index in [0.717, 1.165) is 6.42 Å². The van der Waals surface area contributed by atoms with E-state index in [1.54, 1.807) is 19.9 Å². The van der Waals surface area contributed by atoms with Crippen molar-refractivity contribution in [3.63, 3.8) is 0 Å². The number of rotatable bonds is 12. The third-order valence-electron chi connectivity index (χ3n) is 3.26. The summed E-state index contributed by atoms with van der Waals surface area (Å²) in [4.78, 5) is 11.5. The lowest BCUT2D eigenvalue weighted by Crippen LogP contribution is -2.19. The van der Waals surface area contributed by atoms with Crippen LogP contribution >= 0.6 is 0 Å². The van der Waals surface area contributed by atoms with Gasteiger partial charge in [-0.3, -0.25) is 4.79 Å². The Kier molecular flexibility index (Phi) is 10.8. The van der Waals surface area contributed by atoms with Crippen LogP contribution in [0.2, 0.25) is 0 Å². The molecule has 0 atom stereocenters. The lowest BCUT2D eigenvalue weighted by molar-refractivity contribution is -0.115. The van der Waals surface area contributed by atoms with E-state index in [1.165, 1.54) is 44.9 Å². The first-order chi connectivity index (χ1) is 8.95. The molecule has 0 aromatic rings. The highest BCUT2D eigenvalue weighted by Crippen LogP contribution is 2.11. The molecule has 112 valence electrons. The van der Waals surface area contributed by atoms with E-state index in [2.05, 4.69) is 6.92 Å². The zero-order valence-corrected chi connectivity index (χ0v) is 13.1. The first-order valence-electron chi connectivity index (χ1n) is 7.87. The molecule has 0 bridgehead atoms. The van der Waals surface area contributed by atoms with Gasteiger partial charge in [0.1, 0.15) is 0 Å². The van der Waals surface area contributed by atoms with Crippen LogP contribution in [0.25, 0.3) is 0 Å². The van der Waals surface area contributed by atoms with E-state index in [-0.39, 0.29) is 5.78 Å². The van der Waals surface area contributed by atoms with Gasteiger partial charge in [-0.15, -0.1) is 0 Å². The average molecular weight is 268 g/mol. The highest BCUT2D eigenvalue weighted by Gasteiger charge is 2.13. The lowest BCUT2D eigenvalue weighted by atomic mass is 10.0. The Morgan fingerprint density at radius 1 is 1.05 bits per heavy atom. The number of ketones is 1. The van der Waals surface area contributed by atoms with E-state index < -0.39 is 5.60 Å². The molecule has 0 radical (unpaired) electrons. The number of carbonyl (C=O) groups excluding carboxylic acids is 1. The van der Waals surface area contributed by atoms with Crippen molar-refractivity contribution in [2.24, 2.45) is 0 Å². The van der Waals surface area contributed by atoms with Crippen molar-refractivity contribution in [3.8, 4) is 0 Å². The molecular formula is C17H32O2. The van der Waals surface area contributed by atoms with E-state index in [9.17, 15) is 9.90 Å². The van der Waals surface area contributed by atoms with Crippen LogP contribution in [-0.2, 0) is 4.79 Å². The standard InChI is InChI=1S/C17H32O2/c1-4-5-6-7-8-9-10-11-12-13-16(18)14-15-17(2,3)19/h12-13,19H,4-11,14-15H2,1-3H3/b13-12+. The van der Waals surface area contributed by atoms with Gasteiger partial charge in [0.15, 0.2) is 5.78 Å². The van der Waals surface area contributed by atoms with Crippen molar-refractivity contribution in [2.45, 2.75) is 90.6 Å². The molecule has 0 spiro atoms. The Balaban J connectivity index is 3.40. The van der Waals surface area contributed by atoms with Crippen molar-refractivity contribution in [1.29, 1.82) is 0 Å². The van der Waals surface area contributed by atoms with Crippen molar-refractivity contribution in [2.75, 3.05) is 0 Å². The number of carbonyl (C=O) groups is 1. The van der Waals surface area contributed by atoms with Crippen molar-refractivity contribution < 1.29 is 9.90 Å². The summed E-state index contributed by atoms with van der Waals surface area (Å²) in [5.41, 5.74) is -0.734. The van der Waals surface area contributed by atoms with Gasteiger partial charge in [0, 0.05) is 6.42 Å². The van der Waals surface area contributed by atoms with E-state index in [0.29, 0.717) is 12.8 Å². The van der Waals surface area contributed by atoms with Gasteiger partial charge in [-0.1, -0.05) is 51.5 Å². The Labute approximate surface area is 119 Å². The Morgan fingerprint density at radius 3 is 2.21 bits per heavy atom. The normalized spacial score (nSPS) is 12.2. The molecule has 2 heteroatoms. The quantitative estimate of drug-likeness (QED) is 0.407. The van der Waals surface area contributed by atoms with Gasteiger partial charge < -0.3 is 5.11 Å². The molecule has 0 amide bonds. The third-order valence-corrected chi connectivity index (χ3v) is 3.26. The summed E-state index contributed by atoms with van der Waals surface area (Å²) in [7, 11) is 0. The molecule has 0 aromatic carbocycles. The molecule has 2 nitrogen and oxygen atoms in total. The fraction of sp³-hybridized carbons (Fsp3) is 0.824. The topological polar surface area (TPSA) is 37.3 Å². The lowest BCUT2D eigenvalue weighted by Gasteiger charge is -2.15. The molecule has 0 aliphatic rings. The van der Waals surface area contributed by atoms with Crippen molar-refractivity contribution in [3.05, 3.63) is 12.2 Å². The Bertz CT molecular complexity index is 248. The minimum Gasteiger partial charge on any atom is -0.390 e. The second kappa shape index (κ2) is 11.2. The van der Waals surface area contributed by atoms with Gasteiger partial charge in [0.05, 0.1) is 5.60 Å². The molecule has 0 heterocycles. The molecule has 0 saturated carbocycles. The Morgan fingerprint density at radius 2 is 1.63 bits per heavy atom. The summed E-state index contributed by atoms with van der Waals surface area (Å²) in [6.45, 7) is 5.71. The predicted molar refractivity (Wildman–Crippen MR) is 82.3 cm³/mol. The van der Waals surface area contributed by atoms with Crippen LogP contribution in [0.15, 0.2) is 12.2 Å². The minimum absolute atomic E-state index is 0.130. The van der Waals surface area contributed by atoms with Gasteiger partial charge in [-0.25, -0.2) is 0 Å². The second-order valence-electron chi connectivity index (χ2n) is 6.09. The van der Waals surface area contributed by atoms with Gasteiger partial charge in [-0.05, 0) is 39.2 Å². The fourth-order valence-electron chi connectivity index (χ4n) is 1.95. The number of hydrogen-bond donors (Lipinski definition) is 1. The Hall–Kier alpha value is -0.630. The van der Waals surface area contributed by atoms with Crippen LogP contribution < -0.4 is 0 Å². The summed E-state index contributed by atoms with van der Waals surface area (Å²) < 4.78 is 0. The molecule has 0 aliphatic heterocycles. The number of allylic oxidation sites excluding steroid dienone is 2. The SMILES string of the molecule is CCCCCCCCC/C=C/C(=O)CCC(C)(C)O. The van der Waals surface area contributed by atoms with Gasteiger partial charge >= 0.3 is 0 Å². The summed E-state index contributed by atoms with van der Waals surface area (Å²) in [5.74, 6) is 0.130. The van der Waals surface area contributed by atoms with Crippen LogP contribution in [0.5, 0.6) is 0 Å². The number of hydrogen-bond acceptors (Lipinski definition) is 2. The summed E-state index contributed by atoms with van der Waals surface area (Å²) in [5, 5.41) is 9.52. The molecule has 0 saturated heterocycles. The molecule has 0 rings (SSSR count). The molecule has 0 fully saturated rings. The summed E-state index contributed by atoms with van der Waals surface area (Å²) in [6, 6.07) is 0. The van der Waals surface area contributed by atoms with E-state index >= 15 is 0 Å². The maximum Gasteiger partial charge on any atom is 0.155 e. The zero-order valence-electron chi connectivity index (χ0n) is 13.1. The summed E-state index contributed by atoms with van der Waals surface area (Å²) >= 11 is 0. The molecule has 1 N–H and O–H groups in total. The van der Waals surface area contributed by atoms with Crippen molar-refractivity contribution in [1.82, 2.24) is 0 Å². The highest BCUT2D eigenvalue weighted by molar-refractivity contribution is 5.89. The van der Waals surface area contributed by atoms with E-state index in [1.807, 2.05) is 6.08 Å². The molecular weight excluding hydrogens is 236 g/mol. The maximum atomic E-state index is 11.5. The first kappa shape index (κ1) is 18.4. The number of aliphatic hydroxyl groups is 1. The van der Waals surface area contributed by atoms with Crippen LogP contribution in [0, 0.1) is 0 Å². The van der Waals surface area contributed by atoms with Gasteiger partial charge in [0.2, 0.25) is 0 Å². The first-order valence-corrected chi connectivity index (χ1v) is 7.87. The highest BCUT2D eigenvalue weighted by atomic mass is 16.3. The largest absolute Gasteiger partial charge is 0.390 e. The van der Waals surface area contributed by atoms with Crippen LogP contribution in [-0.4, -0.2) is 16.5 Å². The predicted octanol–water partition coefficient (Wildman–Crippen LogP) is 4.80. The molecule has 0 aromatic heterocycles. The van der Waals surface area contributed by atoms with Crippen LogP contribution in [0.4, 0.5) is 0 Å². The smallest absolute Gasteiger partial charge is 0.155 e. The van der Waals surface area contributed by atoms with Crippen LogP contribution in [0.3, 0.4) is 0 Å². The van der Waals surface area contributed by atoms with Crippen LogP contribution in [0.1, 0.15) is 85.0 Å². The minimum atomic E-state index is -0.734. The summed E-state index contributed by atoms with van der Waals surface area (Å²) in [6.07, 6.45) is 14.8.